The van der Waals surface area contributed by atoms with Gasteiger partial charge in [-0.1, -0.05) is 13.3 Å². The van der Waals surface area contributed by atoms with Gasteiger partial charge in [-0.3, -0.25) is 9.69 Å². The number of carbonyl (C=O) groups excluding carboxylic acids is 1. The lowest BCUT2D eigenvalue weighted by atomic mass is 10.0. The molecule has 4 nitrogen and oxygen atoms in total. The highest BCUT2D eigenvalue weighted by Crippen LogP contribution is 2.18. The Hall–Kier alpha value is -0.610. The molecule has 0 spiro atoms. The molecule has 1 aliphatic heterocycles. The third-order valence-corrected chi connectivity index (χ3v) is 3.47. The lowest BCUT2D eigenvalue weighted by Gasteiger charge is -2.35. The molecule has 0 bridgehead atoms. The normalized spacial score (nSPS) is 21.4. The summed E-state index contributed by atoms with van der Waals surface area (Å²) in [5.74, 6) is 0.0944. The van der Waals surface area contributed by atoms with Gasteiger partial charge < -0.3 is 10.1 Å². The van der Waals surface area contributed by atoms with Gasteiger partial charge in [0.25, 0.3) is 0 Å². The van der Waals surface area contributed by atoms with E-state index in [0.717, 1.165) is 19.1 Å². The Morgan fingerprint density at radius 1 is 1.47 bits per heavy atom. The van der Waals surface area contributed by atoms with E-state index in [1.54, 1.807) is 7.11 Å². The van der Waals surface area contributed by atoms with E-state index in [2.05, 4.69) is 17.1 Å². The number of piperidine rings is 1. The van der Waals surface area contributed by atoms with Crippen LogP contribution in [0.5, 0.6) is 0 Å². The van der Waals surface area contributed by atoms with Crippen molar-refractivity contribution in [3.8, 4) is 0 Å². The molecule has 0 saturated carbocycles. The Balaban J connectivity index is 2.14. The van der Waals surface area contributed by atoms with E-state index in [9.17, 15) is 4.79 Å². The largest absolute Gasteiger partial charge is 0.384 e. The van der Waals surface area contributed by atoms with Crippen LogP contribution < -0.4 is 5.32 Å². The molecule has 1 heterocycles. The Bertz CT molecular complexity index is 221. The standard InChI is InChI=1S/C13H26N2O2/c1-3-12-6-4-5-9-15(12)10-8-14-13(16)7-11-17-2/h12H,3-11H2,1-2H3,(H,14,16). The second-order valence-electron chi connectivity index (χ2n) is 4.69. The van der Waals surface area contributed by atoms with E-state index in [0.29, 0.717) is 13.0 Å². The highest BCUT2D eigenvalue weighted by molar-refractivity contribution is 5.75. The van der Waals surface area contributed by atoms with Crippen molar-refractivity contribution in [3.63, 3.8) is 0 Å². The minimum absolute atomic E-state index is 0.0944. The zero-order valence-corrected chi connectivity index (χ0v) is 11.2. The molecule has 1 saturated heterocycles. The smallest absolute Gasteiger partial charge is 0.222 e. The van der Waals surface area contributed by atoms with Gasteiger partial charge in [-0.15, -0.1) is 0 Å². The minimum Gasteiger partial charge on any atom is -0.384 e. The summed E-state index contributed by atoms with van der Waals surface area (Å²) >= 11 is 0. The molecule has 0 aromatic rings. The van der Waals surface area contributed by atoms with Crippen molar-refractivity contribution in [3.05, 3.63) is 0 Å². The van der Waals surface area contributed by atoms with Crippen LogP contribution in [0.25, 0.3) is 0 Å². The average molecular weight is 242 g/mol. The van der Waals surface area contributed by atoms with Gasteiger partial charge >= 0.3 is 0 Å². The summed E-state index contributed by atoms with van der Waals surface area (Å²) in [5.41, 5.74) is 0. The van der Waals surface area contributed by atoms with Gasteiger partial charge in [0.1, 0.15) is 0 Å². The number of hydrogen-bond donors (Lipinski definition) is 1. The molecule has 100 valence electrons. The first-order valence-corrected chi connectivity index (χ1v) is 6.77. The lowest BCUT2D eigenvalue weighted by Crippen LogP contribution is -2.43. The molecule has 1 aliphatic rings. The summed E-state index contributed by atoms with van der Waals surface area (Å²) < 4.78 is 4.87. The molecule has 4 heteroatoms. The second-order valence-corrected chi connectivity index (χ2v) is 4.69. The van der Waals surface area contributed by atoms with Gasteiger partial charge in [0, 0.05) is 32.7 Å². The highest BCUT2D eigenvalue weighted by atomic mass is 16.5. The fourth-order valence-corrected chi connectivity index (χ4v) is 2.44. The number of rotatable bonds is 7. The molecule has 1 rings (SSSR count). The van der Waals surface area contributed by atoms with Gasteiger partial charge in [-0.25, -0.2) is 0 Å². The minimum atomic E-state index is 0.0944. The van der Waals surface area contributed by atoms with Crippen molar-refractivity contribution in [2.75, 3.05) is 33.4 Å². The Morgan fingerprint density at radius 3 is 3.00 bits per heavy atom. The molecule has 0 aromatic carbocycles. The van der Waals surface area contributed by atoms with E-state index >= 15 is 0 Å². The Labute approximate surface area is 105 Å². The number of likely N-dealkylation sites (tertiary alicyclic amines) is 1. The molecule has 0 aliphatic carbocycles. The molecular formula is C13H26N2O2. The maximum absolute atomic E-state index is 11.4. The third-order valence-electron chi connectivity index (χ3n) is 3.47. The maximum Gasteiger partial charge on any atom is 0.222 e. The molecule has 0 radical (unpaired) electrons. The molecule has 1 atom stereocenters. The van der Waals surface area contributed by atoms with Crippen LogP contribution in [0.2, 0.25) is 0 Å². The van der Waals surface area contributed by atoms with Crippen LogP contribution in [0.3, 0.4) is 0 Å². The molecule has 17 heavy (non-hydrogen) atoms. The maximum atomic E-state index is 11.4. The zero-order valence-electron chi connectivity index (χ0n) is 11.2. The van der Waals surface area contributed by atoms with Crippen LogP contribution in [-0.2, 0) is 9.53 Å². The van der Waals surface area contributed by atoms with Crippen molar-refractivity contribution in [2.24, 2.45) is 0 Å². The topological polar surface area (TPSA) is 41.6 Å². The number of carbonyl (C=O) groups is 1. The van der Waals surface area contributed by atoms with E-state index in [4.69, 9.17) is 4.74 Å². The van der Waals surface area contributed by atoms with Gasteiger partial charge in [0.15, 0.2) is 0 Å². The summed E-state index contributed by atoms with van der Waals surface area (Å²) in [7, 11) is 1.62. The van der Waals surface area contributed by atoms with Gasteiger partial charge in [-0.05, 0) is 25.8 Å². The number of ether oxygens (including phenoxy) is 1. The van der Waals surface area contributed by atoms with Crippen molar-refractivity contribution in [1.29, 1.82) is 0 Å². The summed E-state index contributed by atoms with van der Waals surface area (Å²) in [6.45, 7) is 5.69. The number of nitrogens with zero attached hydrogens (tertiary/aromatic N) is 1. The summed E-state index contributed by atoms with van der Waals surface area (Å²) in [6.07, 6.45) is 5.66. The monoisotopic (exact) mass is 242 g/mol. The van der Waals surface area contributed by atoms with Crippen LogP contribution in [0, 0.1) is 0 Å². The summed E-state index contributed by atoms with van der Waals surface area (Å²) in [4.78, 5) is 13.9. The second kappa shape index (κ2) is 8.48. The molecular weight excluding hydrogens is 216 g/mol. The lowest BCUT2D eigenvalue weighted by molar-refractivity contribution is -0.122. The summed E-state index contributed by atoms with van der Waals surface area (Å²) in [5, 5.41) is 2.95. The van der Waals surface area contributed by atoms with Gasteiger partial charge in [-0.2, -0.15) is 0 Å². The fraction of sp³-hybridized carbons (Fsp3) is 0.923. The van der Waals surface area contributed by atoms with E-state index in [-0.39, 0.29) is 5.91 Å². The number of hydrogen-bond acceptors (Lipinski definition) is 3. The first kappa shape index (κ1) is 14.5. The van der Waals surface area contributed by atoms with Crippen molar-refractivity contribution >= 4 is 5.91 Å². The van der Waals surface area contributed by atoms with E-state index < -0.39 is 0 Å². The van der Waals surface area contributed by atoms with Crippen LogP contribution in [-0.4, -0.2) is 50.2 Å². The molecule has 0 aromatic heterocycles. The first-order chi connectivity index (χ1) is 8.27. The van der Waals surface area contributed by atoms with Crippen LogP contribution in [0.1, 0.15) is 39.0 Å². The molecule has 1 N–H and O–H groups in total. The van der Waals surface area contributed by atoms with Crippen LogP contribution in [0.15, 0.2) is 0 Å². The van der Waals surface area contributed by atoms with Crippen molar-refractivity contribution in [1.82, 2.24) is 10.2 Å². The number of nitrogens with one attached hydrogen (secondary N) is 1. The van der Waals surface area contributed by atoms with Crippen molar-refractivity contribution < 1.29 is 9.53 Å². The fourth-order valence-electron chi connectivity index (χ4n) is 2.44. The van der Waals surface area contributed by atoms with Crippen molar-refractivity contribution in [2.45, 2.75) is 45.1 Å². The zero-order chi connectivity index (χ0) is 12.5. The molecule has 1 unspecified atom stereocenters. The third kappa shape index (κ3) is 5.50. The average Bonchev–Trinajstić information content (AvgIpc) is 2.37. The van der Waals surface area contributed by atoms with Crippen LogP contribution in [0.4, 0.5) is 0 Å². The number of amides is 1. The highest BCUT2D eigenvalue weighted by Gasteiger charge is 2.19. The molecule has 1 fully saturated rings. The Morgan fingerprint density at radius 2 is 2.29 bits per heavy atom. The predicted molar refractivity (Wildman–Crippen MR) is 69.0 cm³/mol. The van der Waals surface area contributed by atoms with E-state index in [1.807, 2.05) is 0 Å². The number of methoxy groups -OCH3 is 1. The SMILES string of the molecule is CCC1CCCCN1CCNC(=O)CCOC. The Kier molecular flexibility index (Phi) is 7.21. The quantitative estimate of drug-likeness (QED) is 0.734. The van der Waals surface area contributed by atoms with Gasteiger partial charge in [0.05, 0.1) is 6.61 Å². The van der Waals surface area contributed by atoms with Gasteiger partial charge in [0.2, 0.25) is 5.91 Å². The predicted octanol–water partition coefficient (Wildman–Crippen LogP) is 1.40. The first-order valence-electron chi connectivity index (χ1n) is 6.77. The van der Waals surface area contributed by atoms with E-state index in [1.165, 1.54) is 32.2 Å². The van der Waals surface area contributed by atoms with Crippen LogP contribution >= 0.6 is 0 Å². The summed E-state index contributed by atoms with van der Waals surface area (Å²) in [6, 6.07) is 0.722. The molecule has 1 amide bonds.